The van der Waals surface area contributed by atoms with Gasteiger partial charge in [0.15, 0.2) is 0 Å². The Bertz CT molecular complexity index is 367. The Kier molecular flexibility index (Phi) is 23.4. The normalized spacial score (nSPS) is 12.4. The molecule has 0 bridgehead atoms. The summed E-state index contributed by atoms with van der Waals surface area (Å²) in [5.74, 6) is 1.57. The van der Waals surface area contributed by atoms with E-state index in [1.54, 1.807) is 0 Å². The van der Waals surface area contributed by atoms with Crippen LogP contribution >= 0.6 is 0 Å². The highest BCUT2D eigenvalue weighted by molar-refractivity contribution is 5.75. The predicted octanol–water partition coefficient (Wildman–Crippen LogP) is 3.54. The lowest BCUT2D eigenvalue weighted by atomic mass is 10.00. The van der Waals surface area contributed by atoms with Crippen molar-refractivity contribution in [3.63, 3.8) is 0 Å². The Morgan fingerprint density at radius 1 is 0.742 bits per heavy atom. The standard InChI is InChI=1S/C25H55N5O/c1-3-12-23(2)14-15-25(31)30-20-9-5-4-6-13-24(21-28-18-10-7-16-26)22-29-19-11-8-17-27/h23-24,28-29H,3-22,26-27H2,1-2H3,(H,30,31). The van der Waals surface area contributed by atoms with Crippen LogP contribution in [0.3, 0.4) is 0 Å². The first-order chi connectivity index (χ1) is 15.1. The molecule has 0 aromatic heterocycles. The average Bonchev–Trinajstić information content (AvgIpc) is 2.76. The number of carbonyl (C=O) groups excluding carboxylic acids is 1. The minimum Gasteiger partial charge on any atom is -0.356 e. The van der Waals surface area contributed by atoms with Crippen LogP contribution in [0, 0.1) is 11.8 Å². The number of unbranched alkanes of at least 4 members (excludes halogenated alkanes) is 5. The summed E-state index contributed by atoms with van der Waals surface area (Å²) in [5.41, 5.74) is 11.2. The highest BCUT2D eigenvalue weighted by atomic mass is 16.1. The van der Waals surface area contributed by atoms with Gasteiger partial charge in [-0.15, -0.1) is 0 Å². The van der Waals surface area contributed by atoms with E-state index in [0.29, 0.717) is 18.3 Å². The lowest BCUT2D eigenvalue weighted by Crippen LogP contribution is -2.32. The third-order valence-corrected chi connectivity index (χ3v) is 5.99. The van der Waals surface area contributed by atoms with Crippen LogP contribution in [0.4, 0.5) is 0 Å². The molecule has 6 nitrogen and oxygen atoms in total. The molecule has 0 rings (SSSR count). The molecule has 0 heterocycles. The third-order valence-electron chi connectivity index (χ3n) is 5.99. The Morgan fingerprint density at radius 3 is 1.90 bits per heavy atom. The van der Waals surface area contributed by atoms with E-state index in [2.05, 4.69) is 29.8 Å². The fourth-order valence-electron chi connectivity index (χ4n) is 3.92. The summed E-state index contributed by atoms with van der Waals surface area (Å²) in [6, 6.07) is 0. The second-order valence-electron chi connectivity index (χ2n) is 9.25. The summed E-state index contributed by atoms with van der Waals surface area (Å²) in [4.78, 5) is 11.9. The summed E-state index contributed by atoms with van der Waals surface area (Å²) in [5, 5.41) is 10.3. The van der Waals surface area contributed by atoms with Crippen molar-refractivity contribution < 1.29 is 4.79 Å². The fourth-order valence-corrected chi connectivity index (χ4v) is 3.92. The second kappa shape index (κ2) is 24.0. The molecule has 1 unspecified atom stereocenters. The van der Waals surface area contributed by atoms with Crippen LogP contribution < -0.4 is 27.4 Å². The monoisotopic (exact) mass is 441 g/mol. The molecule has 0 fully saturated rings. The maximum absolute atomic E-state index is 11.9. The predicted molar refractivity (Wildman–Crippen MR) is 135 cm³/mol. The van der Waals surface area contributed by atoms with E-state index < -0.39 is 0 Å². The van der Waals surface area contributed by atoms with Crippen molar-refractivity contribution in [2.24, 2.45) is 23.3 Å². The lowest BCUT2D eigenvalue weighted by molar-refractivity contribution is -0.121. The van der Waals surface area contributed by atoms with Crippen molar-refractivity contribution >= 4 is 5.91 Å². The minimum absolute atomic E-state index is 0.226. The van der Waals surface area contributed by atoms with E-state index in [1.807, 2.05) is 0 Å². The van der Waals surface area contributed by atoms with Crippen LogP contribution in [-0.4, -0.2) is 51.7 Å². The van der Waals surface area contributed by atoms with Gasteiger partial charge in [-0.1, -0.05) is 46.0 Å². The van der Waals surface area contributed by atoms with Crippen LogP contribution in [0.15, 0.2) is 0 Å². The van der Waals surface area contributed by atoms with Gasteiger partial charge in [0.05, 0.1) is 0 Å². The topological polar surface area (TPSA) is 105 Å². The molecule has 0 aliphatic carbocycles. The molecule has 0 saturated carbocycles. The van der Waals surface area contributed by atoms with E-state index in [0.717, 1.165) is 84.3 Å². The molecule has 7 N–H and O–H groups in total. The highest BCUT2D eigenvalue weighted by Crippen LogP contribution is 2.12. The first kappa shape index (κ1) is 30.3. The van der Waals surface area contributed by atoms with Gasteiger partial charge in [0.25, 0.3) is 0 Å². The van der Waals surface area contributed by atoms with Crippen molar-refractivity contribution in [3.8, 4) is 0 Å². The van der Waals surface area contributed by atoms with Gasteiger partial charge in [-0.25, -0.2) is 0 Å². The Balaban J connectivity index is 3.81. The molecule has 0 spiro atoms. The number of carbonyl (C=O) groups is 1. The van der Waals surface area contributed by atoms with E-state index in [1.165, 1.54) is 38.5 Å². The van der Waals surface area contributed by atoms with Gasteiger partial charge < -0.3 is 27.4 Å². The number of nitrogens with one attached hydrogen (secondary N) is 3. The average molecular weight is 442 g/mol. The molecule has 0 radical (unpaired) electrons. The lowest BCUT2D eigenvalue weighted by Gasteiger charge is -2.18. The summed E-state index contributed by atoms with van der Waals surface area (Å²) in [7, 11) is 0. The van der Waals surface area contributed by atoms with Crippen molar-refractivity contribution in [2.75, 3.05) is 45.8 Å². The SMILES string of the molecule is CCCC(C)CCC(=O)NCCCCCCC(CNCCCCN)CNCCCCN. The molecule has 0 saturated heterocycles. The van der Waals surface area contributed by atoms with Gasteiger partial charge in [-0.2, -0.15) is 0 Å². The molecule has 31 heavy (non-hydrogen) atoms. The molecule has 0 aliphatic heterocycles. The molecular weight excluding hydrogens is 386 g/mol. The molecule has 6 heteroatoms. The first-order valence-electron chi connectivity index (χ1n) is 13.2. The summed E-state index contributed by atoms with van der Waals surface area (Å²) < 4.78 is 0. The van der Waals surface area contributed by atoms with E-state index in [9.17, 15) is 4.79 Å². The van der Waals surface area contributed by atoms with Gasteiger partial charge in [0, 0.05) is 13.0 Å². The third kappa shape index (κ3) is 22.3. The number of nitrogens with two attached hydrogens (primary N) is 2. The number of hydrogen-bond donors (Lipinski definition) is 5. The van der Waals surface area contributed by atoms with Crippen molar-refractivity contribution in [1.82, 2.24) is 16.0 Å². The Hall–Kier alpha value is -0.690. The molecular formula is C25H55N5O. The number of amides is 1. The van der Waals surface area contributed by atoms with Gasteiger partial charge in [0.2, 0.25) is 5.91 Å². The van der Waals surface area contributed by atoms with Gasteiger partial charge in [-0.05, 0) is 96.1 Å². The smallest absolute Gasteiger partial charge is 0.220 e. The van der Waals surface area contributed by atoms with Crippen molar-refractivity contribution in [3.05, 3.63) is 0 Å². The van der Waals surface area contributed by atoms with Crippen LogP contribution in [0.1, 0.15) is 97.3 Å². The van der Waals surface area contributed by atoms with Crippen LogP contribution in [0.2, 0.25) is 0 Å². The molecule has 1 amide bonds. The van der Waals surface area contributed by atoms with E-state index in [-0.39, 0.29) is 5.91 Å². The molecule has 1 atom stereocenters. The summed E-state index contributed by atoms with van der Waals surface area (Å²) in [6.45, 7) is 11.2. The van der Waals surface area contributed by atoms with Crippen molar-refractivity contribution in [1.29, 1.82) is 0 Å². The molecule has 0 aromatic carbocycles. The van der Waals surface area contributed by atoms with Crippen LogP contribution in [0.25, 0.3) is 0 Å². The Morgan fingerprint density at radius 2 is 1.32 bits per heavy atom. The van der Waals surface area contributed by atoms with Gasteiger partial charge >= 0.3 is 0 Å². The zero-order valence-corrected chi connectivity index (χ0v) is 20.9. The zero-order chi connectivity index (χ0) is 23.0. The zero-order valence-electron chi connectivity index (χ0n) is 20.9. The summed E-state index contributed by atoms with van der Waals surface area (Å²) >= 11 is 0. The molecule has 0 aromatic rings. The van der Waals surface area contributed by atoms with Gasteiger partial charge in [-0.3, -0.25) is 4.79 Å². The maximum atomic E-state index is 11.9. The minimum atomic E-state index is 0.226. The Labute approximate surface area is 193 Å². The van der Waals surface area contributed by atoms with Gasteiger partial charge in [0.1, 0.15) is 0 Å². The fraction of sp³-hybridized carbons (Fsp3) is 0.960. The van der Waals surface area contributed by atoms with E-state index in [4.69, 9.17) is 11.5 Å². The van der Waals surface area contributed by atoms with Crippen molar-refractivity contribution in [2.45, 2.75) is 97.3 Å². The number of hydrogen-bond acceptors (Lipinski definition) is 5. The first-order valence-corrected chi connectivity index (χ1v) is 13.2. The molecule has 186 valence electrons. The molecule has 0 aliphatic rings. The summed E-state index contributed by atoms with van der Waals surface area (Å²) in [6.07, 6.45) is 14.7. The largest absolute Gasteiger partial charge is 0.356 e. The van der Waals surface area contributed by atoms with Crippen LogP contribution in [0.5, 0.6) is 0 Å². The maximum Gasteiger partial charge on any atom is 0.220 e. The van der Waals surface area contributed by atoms with E-state index >= 15 is 0 Å². The second-order valence-corrected chi connectivity index (χ2v) is 9.25. The quantitative estimate of drug-likeness (QED) is 0.147. The highest BCUT2D eigenvalue weighted by Gasteiger charge is 2.09. The number of rotatable bonds is 24. The van der Waals surface area contributed by atoms with Crippen LogP contribution in [-0.2, 0) is 4.79 Å².